The third kappa shape index (κ3) is 3.27. The predicted octanol–water partition coefficient (Wildman–Crippen LogP) is 5.18. The van der Waals surface area contributed by atoms with Crippen LogP contribution in [0.1, 0.15) is 28.3 Å². The molecule has 5 heterocycles. The van der Waals surface area contributed by atoms with Gasteiger partial charge in [-0.15, -0.1) is 5.10 Å². The van der Waals surface area contributed by atoms with Crippen LogP contribution in [0.5, 0.6) is 23.3 Å². The maximum Gasteiger partial charge on any atom is 0.230 e. The van der Waals surface area contributed by atoms with Crippen LogP contribution >= 0.6 is 0 Å². The van der Waals surface area contributed by atoms with E-state index in [1.165, 1.54) is 0 Å². The molecule has 0 bridgehead atoms. The number of para-hydroxylation sites is 1. The Balaban J connectivity index is 1.51. The molecule has 4 aromatic heterocycles. The van der Waals surface area contributed by atoms with Crippen molar-refractivity contribution in [3.8, 4) is 40.5 Å². The fourth-order valence-electron chi connectivity index (χ4n) is 5.00. The Labute approximate surface area is 217 Å². The molecule has 38 heavy (non-hydrogen) atoms. The van der Waals surface area contributed by atoms with Crippen LogP contribution < -0.4 is 14.2 Å². The predicted molar refractivity (Wildman–Crippen MR) is 137 cm³/mol. The Morgan fingerprint density at radius 2 is 1.74 bits per heavy atom. The summed E-state index contributed by atoms with van der Waals surface area (Å²) in [6.07, 6.45) is 3.19. The van der Waals surface area contributed by atoms with Gasteiger partial charge in [0.2, 0.25) is 17.6 Å². The molecule has 0 radical (unpaired) electrons. The normalized spacial score (nSPS) is 14.1. The lowest BCUT2D eigenvalue weighted by molar-refractivity contribution is 0.354. The molecule has 10 heteroatoms. The van der Waals surface area contributed by atoms with Crippen LogP contribution in [0.2, 0.25) is 0 Å². The van der Waals surface area contributed by atoms with E-state index in [0.717, 1.165) is 28.1 Å². The van der Waals surface area contributed by atoms with Crippen LogP contribution in [-0.4, -0.2) is 43.6 Å². The minimum Gasteiger partial charge on any atom is -0.493 e. The van der Waals surface area contributed by atoms with Crippen LogP contribution in [0.15, 0.2) is 77.7 Å². The summed E-state index contributed by atoms with van der Waals surface area (Å²) in [5.74, 6) is 2.99. The molecule has 0 saturated carbocycles. The molecule has 7 rings (SSSR count). The molecule has 2 aromatic carbocycles. The minimum absolute atomic E-state index is 0.323. The van der Waals surface area contributed by atoms with Gasteiger partial charge in [-0.3, -0.25) is 0 Å². The first-order valence-electron chi connectivity index (χ1n) is 12.0. The molecule has 0 aliphatic carbocycles. The second-order valence-corrected chi connectivity index (χ2v) is 8.85. The highest BCUT2D eigenvalue weighted by molar-refractivity contribution is 5.68. The molecule has 6 aromatic rings. The molecule has 0 unspecified atom stereocenters. The summed E-state index contributed by atoms with van der Waals surface area (Å²) in [4.78, 5) is 9.49. The van der Waals surface area contributed by atoms with E-state index < -0.39 is 0 Å². The topological polar surface area (TPSA) is 102 Å². The summed E-state index contributed by atoms with van der Waals surface area (Å²) >= 11 is 0. The van der Waals surface area contributed by atoms with Gasteiger partial charge in [0.1, 0.15) is 6.33 Å². The van der Waals surface area contributed by atoms with E-state index in [1.807, 2.05) is 66.2 Å². The van der Waals surface area contributed by atoms with Crippen LogP contribution in [0.25, 0.3) is 22.9 Å². The lowest BCUT2D eigenvalue weighted by Crippen LogP contribution is -2.16. The van der Waals surface area contributed by atoms with Crippen molar-refractivity contribution >= 4 is 5.65 Å². The standard InChI is InChI=1S/C28H22N6O4/c1-16-22-23(17-11-12-19(35-2)21(14-17)36-3)24-26-30-25(20-10-7-13-37-20)32-33(26)15-29-27(24)38-28(22)34(31-16)18-8-5-4-6-9-18/h4-15,23H,1-3H3/t23-/m0/s1. The molecule has 1 aliphatic heterocycles. The molecular formula is C28H22N6O4. The highest BCUT2D eigenvalue weighted by atomic mass is 16.5. The fourth-order valence-corrected chi connectivity index (χ4v) is 5.00. The SMILES string of the molecule is COc1ccc([C@H]2c3c(C)nn(-c4ccccc4)c3Oc3ncn4nc(-c5ccco5)nc4c32)cc1OC. The van der Waals surface area contributed by atoms with Crippen molar-refractivity contribution in [2.45, 2.75) is 12.8 Å². The van der Waals surface area contributed by atoms with E-state index in [0.29, 0.717) is 40.5 Å². The summed E-state index contributed by atoms with van der Waals surface area (Å²) in [7, 11) is 3.24. The van der Waals surface area contributed by atoms with Gasteiger partial charge in [0, 0.05) is 0 Å². The van der Waals surface area contributed by atoms with Crippen molar-refractivity contribution in [1.29, 1.82) is 0 Å². The fraction of sp³-hybridized carbons (Fsp3) is 0.143. The highest BCUT2D eigenvalue weighted by Crippen LogP contribution is 2.50. The number of fused-ring (bicyclic) bond motifs is 4. The molecule has 1 atom stereocenters. The van der Waals surface area contributed by atoms with Gasteiger partial charge in [-0.25, -0.2) is 19.2 Å². The van der Waals surface area contributed by atoms with E-state index >= 15 is 0 Å². The number of nitrogens with zero attached hydrogens (tertiary/aromatic N) is 6. The highest BCUT2D eigenvalue weighted by Gasteiger charge is 2.38. The number of benzene rings is 2. The summed E-state index contributed by atoms with van der Waals surface area (Å²) in [6.45, 7) is 1.98. The maximum absolute atomic E-state index is 6.47. The van der Waals surface area contributed by atoms with E-state index in [9.17, 15) is 0 Å². The second-order valence-electron chi connectivity index (χ2n) is 8.85. The summed E-state index contributed by atoms with van der Waals surface area (Å²) < 4.78 is 26.6. The first-order chi connectivity index (χ1) is 18.7. The third-order valence-corrected chi connectivity index (χ3v) is 6.70. The number of methoxy groups -OCH3 is 2. The lowest BCUT2D eigenvalue weighted by atomic mass is 9.84. The number of hydrogen-bond acceptors (Lipinski definition) is 8. The van der Waals surface area contributed by atoms with Crippen molar-refractivity contribution in [2.24, 2.45) is 0 Å². The second kappa shape index (κ2) is 8.48. The zero-order valence-electron chi connectivity index (χ0n) is 20.8. The number of furan rings is 1. The van der Waals surface area contributed by atoms with E-state index in [-0.39, 0.29) is 5.92 Å². The molecule has 0 N–H and O–H groups in total. The Morgan fingerprint density at radius 3 is 2.50 bits per heavy atom. The minimum atomic E-state index is -0.323. The zero-order valence-corrected chi connectivity index (χ0v) is 20.8. The van der Waals surface area contributed by atoms with Gasteiger partial charge in [-0.1, -0.05) is 24.3 Å². The Bertz CT molecular complexity index is 1790. The Hall–Kier alpha value is -5.12. The Morgan fingerprint density at radius 1 is 0.895 bits per heavy atom. The van der Waals surface area contributed by atoms with Crippen molar-refractivity contribution in [1.82, 2.24) is 29.4 Å². The molecule has 188 valence electrons. The van der Waals surface area contributed by atoms with Gasteiger partial charge < -0.3 is 18.6 Å². The molecule has 10 nitrogen and oxygen atoms in total. The van der Waals surface area contributed by atoms with Gasteiger partial charge in [0.15, 0.2) is 22.9 Å². The van der Waals surface area contributed by atoms with Crippen molar-refractivity contribution < 1.29 is 18.6 Å². The average molecular weight is 507 g/mol. The first-order valence-corrected chi connectivity index (χ1v) is 12.0. The van der Waals surface area contributed by atoms with Crippen LogP contribution in [0.3, 0.4) is 0 Å². The van der Waals surface area contributed by atoms with Gasteiger partial charge in [-0.2, -0.15) is 5.10 Å². The summed E-state index contributed by atoms with van der Waals surface area (Å²) in [5, 5.41) is 9.49. The van der Waals surface area contributed by atoms with Crippen LogP contribution in [0.4, 0.5) is 0 Å². The number of rotatable bonds is 5. The van der Waals surface area contributed by atoms with Gasteiger partial charge in [0.25, 0.3) is 0 Å². The van der Waals surface area contributed by atoms with Crippen LogP contribution in [0, 0.1) is 6.92 Å². The summed E-state index contributed by atoms with van der Waals surface area (Å²) in [5.41, 5.74) is 4.94. The third-order valence-electron chi connectivity index (χ3n) is 6.70. The van der Waals surface area contributed by atoms with Crippen molar-refractivity contribution in [2.75, 3.05) is 14.2 Å². The van der Waals surface area contributed by atoms with Gasteiger partial charge in [-0.05, 0) is 48.9 Å². The lowest BCUT2D eigenvalue weighted by Gasteiger charge is -2.26. The molecule has 0 saturated heterocycles. The largest absolute Gasteiger partial charge is 0.493 e. The first kappa shape index (κ1) is 22.1. The molecule has 0 spiro atoms. The number of ether oxygens (including phenoxy) is 3. The smallest absolute Gasteiger partial charge is 0.230 e. The van der Waals surface area contributed by atoms with E-state index in [1.54, 1.807) is 37.4 Å². The Kier molecular flexibility index (Phi) is 4.93. The quantitative estimate of drug-likeness (QED) is 0.315. The molecule has 0 amide bonds. The molecular weight excluding hydrogens is 484 g/mol. The molecule has 1 aliphatic rings. The number of aryl methyl sites for hydroxylation is 1. The van der Waals surface area contributed by atoms with Crippen molar-refractivity contribution in [3.05, 3.63) is 95.6 Å². The zero-order chi connectivity index (χ0) is 25.8. The summed E-state index contributed by atoms with van der Waals surface area (Å²) in [6, 6.07) is 19.4. The monoisotopic (exact) mass is 506 g/mol. The average Bonchev–Trinajstić information content (AvgIpc) is 3.71. The van der Waals surface area contributed by atoms with Gasteiger partial charge >= 0.3 is 0 Å². The van der Waals surface area contributed by atoms with Gasteiger partial charge in [0.05, 0.1) is 48.9 Å². The van der Waals surface area contributed by atoms with Crippen LogP contribution in [-0.2, 0) is 0 Å². The van der Waals surface area contributed by atoms with E-state index in [2.05, 4.69) is 10.1 Å². The number of hydrogen-bond donors (Lipinski definition) is 0. The van der Waals surface area contributed by atoms with Crippen molar-refractivity contribution in [3.63, 3.8) is 0 Å². The number of aromatic nitrogens is 6. The molecule has 0 fully saturated rings. The van der Waals surface area contributed by atoms with E-state index in [4.69, 9.17) is 28.7 Å². The maximum atomic E-state index is 6.47.